The molecule has 0 bridgehead atoms. The average Bonchev–Trinajstić information content (AvgIpc) is 2.36. The SMILES string of the molecule is CCCCN1Cc2ccccc2C(C#N)C1C. The molecule has 2 rings (SSSR count). The molecule has 17 heavy (non-hydrogen) atoms. The highest BCUT2D eigenvalue weighted by Gasteiger charge is 2.31. The number of rotatable bonds is 3. The molecular weight excluding hydrogens is 208 g/mol. The molecule has 2 atom stereocenters. The third kappa shape index (κ3) is 2.35. The summed E-state index contributed by atoms with van der Waals surface area (Å²) in [5.74, 6) is 0.0248. The number of hydrogen-bond donors (Lipinski definition) is 0. The Kier molecular flexibility index (Phi) is 3.81. The van der Waals surface area contributed by atoms with E-state index >= 15 is 0 Å². The Morgan fingerprint density at radius 1 is 1.41 bits per heavy atom. The van der Waals surface area contributed by atoms with Gasteiger partial charge in [0, 0.05) is 12.6 Å². The Hall–Kier alpha value is -1.33. The molecule has 0 radical (unpaired) electrons. The summed E-state index contributed by atoms with van der Waals surface area (Å²) in [4.78, 5) is 2.44. The van der Waals surface area contributed by atoms with Crippen LogP contribution in [-0.2, 0) is 6.54 Å². The molecule has 1 aromatic carbocycles. The summed E-state index contributed by atoms with van der Waals surface area (Å²) in [5, 5.41) is 9.37. The van der Waals surface area contributed by atoms with E-state index in [4.69, 9.17) is 0 Å². The van der Waals surface area contributed by atoms with Crippen molar-refractivity contribution in [1.82, 2.24) is 4.90 Å². The molecule has 0 saturated carbocycles. The van der Waals surface area contributed by atoms with E-state index in [1.54, 1.807) is 0 Å². The number of hydrogen-bond acceptors (Lipinski definition) is 2. The minimum Gasteiger partial charge on any atom is -0.295 e. The Bertz CT molecular complexity index is 419. The van der Waals surface area contributed by atoms with Gasteiger partial charge in [-0.1, -0.05) is 37.6 Å². The zero-order chi connectivity index (χ0) is 12.3. The second-order valence-electron chi connectivity index (χ2n) is 4.87. The van der Waals surface area contributed by atoms with Gasteiger partial charge in [-0.3, -0.25) is 4.90 Å². The molecule has 2 nitrogen and oxygen atoms in total. The van der Waals surface area contributed by atoms with Crippen molar-refractivity contribution in [1.29, 1.82) is 5.26 Å². The Balaban J connectivity index is 2.26. The molecule has 2 unspecified atom stereocenters. The third-order valence-electron chi connectivity index (χ3n) is 3.76. The highest BCUT2D eigenvalue weighted by Crippen LogP contribution is 2.32. The fourth-order valence-electron chi connectivity index (χ4n) is 2.64. The minimum absolute atomic E-state index is 0.0248. The fourth-order valence-corrected chi connectivity index (χ4v) is 2.64. The van der Waals surface area contributed by atoms with E-state index in [1.165, 1.54) is 24.0 Å². The van der Waals surface area contributed by atoms with Crippen LogP contribution in [0.4, 0.5) is 0 Å². The molecule has 90 valence electrons. The first-order valence-corrected chi connectivity index (χ1v) is 6.49. The molecule has 0 N–H and O–H groups in total. The van der Waals surface area contributed by atoms with Crippen LogP contribution in [0.25, 0.3) is 0 Å². The first-order chi connectivity index (χ1) is 8.27. The van der Waals surface area contributed by atoms with Crippen LogP contribution in [-0.4, -0.2) is 17.5 Å². The molecule has 2 heteroatoms. The smallest absolute Gasteiger partial charge is 0.0868 e. The molecule has 1 aliphatic heterocycles. The van der Waals surface area contributed by atoms with Gasteiger partial charge in [0.1, 0.15) is 0 Å². The number of benzene rings is 1. The van der Waals surface area contributed by atoms with Gasteiger partial charge in [0.05, 0.1) is 12.0 Å². The minimum atomic E-state index is 0.0248. The normalized spacial score (nSPS) is 24.1. The second-order valence-corrected chi connectivity index (χ2v) is 4.87. The van der Waals surface area contributed by atoms with Gasteiger partial charge in [-0.2, -0.15) is 5.26 Å². The van der Waals surface area contributed by atoms with Crippen molar-refractivity contribution < 1.29 is 0 Å². The van der Waals surface area contributed by atoms with Gasteiger partial charge in [-0.05, 0) is 31.0 Å². The lowest BCUT2D eigenvalue weighted by Crippen LogP contribution is -2.41. The highest BCUT2D eigenvalue weighted by atomic mass is 15.2. The van der Waals surface area contributed by atoms with Crippen LogP contribution in [0.5, 0.6) is 0 Å². The van der Waals surface area contributed by atoms with E-state index in [-0.39, 0.29) is 5.92 Å². The lowest BCUT2D eigenvalue weighted by molar-refractivity contribution is 0.170. The fraction of sp³-hybridized carbons (Fsp3) is 0.533. The number of nitriles is 1. The van der Waals surface area contributed by atoms with Crippen molar-refractivity contribution in [2.24, 2.45) is 0 Å². The summed E-state index contributed by atoms with van der Waals surface area (Å²) in [6.07, 6.45) is 2.42. The second kappa shape index (κ2) is 5.33. The van der Waals surface area contributed by atoms with Gasteiger partial charge in [0.15, 0.2) is 0 Å². The first-order valence-electron chi connectivity index (χ1n) is 6.49. The maximum Gasteiger partial charge on any atom is 0.0868 e. The molecule has 1 aliphatic rings. The summed E-state index contributed by atoms with van der Waals surface area (Å²) in [5.41, 5.74) is 2.56. The van der Waals surface area contributed by atoms with E-state index in [0.29, 0.717) is 6.04 Å². The molecule has 1 heterocycles. The maximum absolute atomic E-state index is 9.37. The summed E-state index contributed by atoms with van der Waals surface area (Å²) >= 11 is 0. The molecular formula is C15H20N2. The third-order valence-corrected chi connectivity index (χ3v) is 3.76. The quantitative estimate of drug-likeness (QED) is 0.793. The van der Waals surface area contributed by atoms with E-state index in [9.17, 15) is 5.26 Å². The van der Waals surface area contributed by atoms with Crippen LogP contribution in [0.3, 0.4) is 0 Å². The molecule has 0 amide bonds. The van der Waals surface area contributed by atoms with Gasteiger partial charge < -0.3 is 0 Å². The van der Waals surface area contributed by atoms with Crippen LogP contribution in [0.1, 0.15) is 43.7 Å². The lowest BCUT2D eigenvalue weighted by atomic mass is 9.85. The van der Waals surface area contributed by atoms with E-state index in [0.717, 1.165) is 13.1 Å². The molecule has 1 aromatic rings. The predicted octanol–water partition coefficient (Wildman–Crippen LogP) is 3.30. The van der Waals surface area contributed by atoms with Crippen molar-refractivity contribution >= 4 is 0 Å². The maximum atomic E-state index is 9.37. The molecule has 0 spiro atoms. The van der Waals surface area contributed by atoms with Gasteiger partial charge in [0.25, 0.3) is 0 Å². The summed E-state index contributed by atoms with van der Waals surface area (Å²) in [6, 6.07) is 11.2. The van der Waals surface area contributed by atoms with Crippen molar-refractivity contribution in [2.45, 2.75) is 45.2 Å². The molecule has 0 saturated heterocycles. The largest absolute Gasteiger partial charge is 0.295 e. The summed E-state index contributed by atoms with van der Waals surface area (Å²) in [7, 11) is 0. The molecule has 0 aliphatic carbocycles. The predicted molar refractivity (Wildman–Crippen MR) is 69.6 cm³/mol. The van der Waals surface area contributed by atoms with E-state index in [2.05, 4.69) is 43.0 Å². The summed E-state index contributed by atoms with van der Waals surface area (Å²) in [6.45, 7) is 6.49. The van der Waals surface area contributed by atoms with Gasteiger partial charge >= 0.3 is 0 Å². The van der Waals surface area contributed by atoms with E-state index in [1.807, 2.05) is 6.07 Å². The van der Waals surface area contributed by atoms with Gasteiger partial charge in [-0.15, -0.1) is 0 Å². The monoisotopic (exact) mass is 228 g/mol. The van der Waals surface area contributed by atoms with Crippen molar-refractivity contribution in [2.75, 3.05) is 6.54 Å². The summed E-state index contributed by atoms with van der Waals surface area (Å²) < 4.78 is 0. The van der Waals surface area contributed by atoms with Crippen LogP contribution < -0.4 is 0 Å². The molecule has 0 aromatic heterocycles. The lowest BCUT2D eigenvalue weighted by Gasteiger charge is -2.37. The van der Waals surface area contributed by atoms with Crippen LogP contribution >= 0.6 is 0 Å². The van der Waals surface area contributed by atoms with Crippen molar-refractivity contribution in [3.8, 4) is 6.07 Å². The Morgan fingerprint density at radius 3 is 2.88 bits per heavy atom. The van der Waals surface area contributed by atoms with Crippen LogP contribution in [0.15, 0.2) is 24.3 Å². The standard InChI is InChI=1S/C15H20N2/c1-3-4-9-17-11-13-7-5-6-8-14(13)15(10-16)12(17)2/h5-8,12,15H,3-4,9,11H2,1-2H3. The molecule has 0 fully saturated rings. The topological polar surface area (TPSA) is 27.0 Å². The van der Waals surface area contributed by atoms with Crippen LogP contribution in [0.2, 0.25) is 0 Å². The zero-order valence-electron chi connectivity index (χ0n) is 10.7. The highest BCUT2D eigenvalue weighted by molar-refractivity contribution is 5.37. The van der Waals surface area contributed by atoms with E-state index < -0.39 is 0 Å². The van der Waals surface area contributed by atoms with Crippen molar-refractivity contribution in [3.63, 3.8) is 0 Å². The Labute approximate surface area is 104 Å². The van der Waals surface area contributed by atoms with Gasteiger partial charge in [-0.25, -0.2) is 0 Å². The number of nitrogens with zero attached hydrogens (tertiary/aromatic N) is 2. The number of unbranched alkanes of at least 4 members (excludes halogenated alkanes) is 1. The number of fused-ring (bicyclic) bond motifs is 1. The Morgan fingerprint density at radius 2 is 2.18 bits per heavy atom. The first kappa shape index (κ1) is 12.1. The van der Waals surface area contributed by atoms with Crippen molar-refractivity contribution in [3.05, 3.63) is 35.4 Å². The zero-order valence-corrected chi connectivity index (χ0v) is 10.7. The van der Waals surface area contributed by atoms with Crippen LogP contribution in [0, 0.1) is 11.3 Å². The average molecular weight is 228 g/mol. The van der Waals surface area contributed by atoms with Gasteiger partial charge in [0.2, 0.25) is 0 Å².